The Balaban J connectivity index is 0.00000120. The molecule has 0 N–H and O–H groups in total. The van der Waals surface area contributed by atoms with Crippen LogP contribution in [0.25, 0.3) is 11.5 Å². The van der Waals surface area contributed by atoms with Crippen molar-refractivity contribution in [1.82, 2.24) is 29.6 Å². The van der Waals surface area contributed by atoms with Crippen molar-refractivity contribution in [1.29, 1.82) is 0 Å². The second-order valence-electron chi connectivity index (χ2n) is 3.56. The van der Waals surface area contributed by atoms with E-state index in [9.17, 15) is 4.79 Å². The van der Waals surface area contributed by atoms with Gasteiger partial charge in [0.15, 0.2) is 12.1 Å². The number of aryl methyl sites for hydroxylation is 1. The van der Waals surface area contributed by atoms with Gasteiger partial charge in [-0.15, -0.1) is 15.0 Å². The molecular formula is C10H9KN6O. The number of hydrogen-bond acceptors (Lipinski definition) is 5. The van der Waals surface area contributed by atoms with Gasteiger partial charge in [-0.2, -0.15) is 0 Å². The summed E-state index contributed by atoms with van der Waals surface area (Å²) >= 11 is 0. The molecule has 0 unspecified atom stereocenters. The van der Waals surface area contributed by atoms with Crippen LogP contribution < -0.4 is 5.56 Å². The van der Waals surface area contributed by atoms with Gasteiger partial charge in [0, 0.05) is 6.20 Å². The molecule has 0 aliphatic carbocycles. The summed E-state index contributed by atoms with van der Waals surface area (Å²) in [6.45, 7) is 1.89. The minimum atomic E-state index is -0.175. The predicted molar refractivity (Wildman–Crippen MR) is 66.1 cm³/mol. The van der Waals surface area contributed by atoms with E-state index < -0.39 is 0 Å². The summed E-state index contributed by atoms with van der Waals surface area (Å²) in [5.74, 6) is 0.363. The van der Waals surface area contributed by atoms with Gasteiger partial charge in [-0.25, -0.2) is 4.98 Å². The molecule has 7 nitrogen and oxygen atoms in total. The maximum absolute atomic E-state index is 11.9. The van der Waals surface area contributed by atoms with Crippen molar-refractivity contribution < 1.29 is 0 Å². The number of hydrogen-bond donors (Lipinski definition) is 0. The third-order valence-electron chi connectivity index (χ3n) is 2.43. The molecule has 0 saturated carbocycles. The average molecular weight is 268 g/mol. The summed E-state index contributed by atoms with van der Waals surface area (Å²) in [4.78, 5) is 17.4. The molecule has 0 radical (unpaired) electrons. The quantitative estimate of drug-likeness (QED) is 0.547. The SMILES string of the molecule is Cc1cccn2c(=O)cc(-n3ncnn3)nc12.[KH]. The third-order valence-corrected chi connectivity index (χ3v) is 2.43. The summed E-state index contributed by atoms with van der Waals surface area (Å²) in [7, 11) is 0. The second-order valence-corrected chi connectivity index (χ2v) is 3.56. The molecule has 0 atom stereocenters. The molecule has 0 spiro atoms. The van der Waals surface area contributed by atoms with Gasteiger partial charge in [0.2, 0.25) is 0 Å². The number of rotatable bonds is 1. The van der Waals surface area contributed by atoms with Gasteiger partial charge >= 0.3 is 51.4 Å². The number of tetrazole rings is 1. The molecule has 0 aliphatic rings. The van der Waals surface area contributed by atoms with E-state index in [0.717, 1.165) is 5.56 Å². The molecule has 0 aromatic carbocycles. The Morgan fingerprint density at radius 1 is 1.33 bits per heavy atom. The molecule has 0 saturated heterocycles. The van der Waals surface area contributed by atoms with Crippen molar-refractivity contribution in [3.05, 3.63) is 46.6 Å². The van der Waals surface area contributed by atoms with Crippen LogP contribution in [-0.2, 0) is 0 Å². The van der Waals surface area contributed by atoms with E-state index in [1.54, 1.807) is 12.3 Å². The fourth-order valence-electron chi connectivity index (χ4n) is 1.62. The van der Waals surface area contributed by atoms with Crippen molar-refractivity contribution in [2.75, 3.05) is 0 Å². The summed E-state index contributed by atoms with van der Waals surface area (Å²) in [5, 5.41) is 11.1. The summed E-state index contributed by atoms with van der Waals surface area (Å²) in [5.41, 5.74) is 1.32. The molecule has 0 bridgehead atoms. The molecule has 3 aromatic heterocycles. The van der Waals surface area contributed by atoms with Crippen LogP contribution in [0.5, 0.6) is 0 Å². The summed E-state index contributed by atoms with van der Waals surface area (Å²) in [6.07, 6.45) is 2.97. The average Bonchev–Trinajstić information content (AvgIpc) is 2.84. The zero-order valence-corrected chi connectivity index (χ0v) is 8.98. The Labute approximate surface area is 144 Å². The van der Waals surface area contributed by atoms with Crippen LogP contribution in [-0.4, -0.2) is 81.0 Å². The molecule has 18 heavy (non-hydrogen) atoms. The van der Waals surface area contributed by atoms with Gasteiger partial charge in [-0.1, -0.05) is 6.07 Å². The molecule has 3 rings (SSSR count). The van der Waals surface area contributed by atoms with Crippen molar-refractivity contribution in [2.45, 2.75) is 6.92 Å². The van der Waals surface area contributed by atoms with E-state index in [0.29, 0.717) is 11.5 Å². The Hall–Kier alpha value is -0.934. The first-order valence-corrected chi connectivity index (χ1v) is 4.98. The van der Waals surface area contributed by atoms with Gasteiger partial charge in [0.05, 0.1) is 6.07 Å². The zero-order valence-electron chi connectivity index (χ0n) is 8.98. The zero-order chi connectivity index (χ0) is 11.8. The third kappa shape index (κ3) is 2.29. The Morgan fingerprint density at radius 2 is 2.17 bits per heavy atom. The van der Waals surface area contributed by atoms with Crippen molar-refractivity contribution in [3.8, 4) is 5.82 Å². The van der Waals surface area contributed by atoms with Gasteiger partial charge in [0.25, 0.3) is 5.56 Å². The van der Waals surface area contributed by atoms with Crippen LogP contribution in [0, 0.1) is 6.92 Å². The fraction of sp³-hybridized carbons (Fsp3) is 0.100. The second kappa shape index (κ2) is 5.37. The number of pyridine rings is 1. The first-order chi connectivity index (χ1) is 8.25. The van der Waals surface area contributed by atoms with Gasteiger partial charge in [0.1, 0.15) is 5.65 Å². The molecule has 8 heteroatoms. The first-order valence-electron chi connectivity index (χ1n) is 4.98. The fourth-order valence-corrected chi connectivity index (χ4v) is 1.62. The molecule has 0 fully saturated rings. The van der Waals surface area contributed by atoms with Crippen LogP contribution in [0.1, 0.15) is 5.56 Å². The summed E-state index contributed by atoms with van der Waals surface area (Å²) < 4.78 is 1.48. The Bertz CT molecular complexity index is 736. The van der Waals surface area contributed by atoms with E-state index in [2.05, 4.69) is 20.4 Å². The first kappa shape index (κ1) is 13.5. The monoisotopic (exact) mass is 268 g/mol. The van der Waals surface area contributed by atoms with E-state index in [1.165, 1.54) is 21.6 Å². The van der Waals surface area contributed by atoms with Crippen LogP contribution in [0.15, 0.2) is 35.5 Å². The number of aromatic nitrogens is 6. The van der Waals surface area contributed by atoms with Crippen molar-refractivity contribution in [2.24, 2.45) is 0 Å². The molecule has 0 amide bonds. The van der Waals surface area contributed by atoms with E-state index >= 15 is 0 Å². The number of nitrogens with zero attached hydrogens (tertiary/aromatic N) is 6. The normalized spacial score (nSPS) is 10.3. The van der Waals surface area contributed by atoms with Crippen LogP contribution >= 0.6 is 0 Å². The van der Waals surface area contributed by atoms with E-state index in [1.807, 2.05) is 13.0 Å². The van der Waals surface area contributed by atoms with Crippen molar-refractivity contribution >= 4 is 57.0 Å². The van der Waals surface area contributed by atoms with Gasteiger partial charge in [-0.3, -0.25) is 9.20 Å². The van der Waals surface area contributed by atoms with Crippen LogP contribution in [0.4, 0.5) is 0 Å². The molecule has 3 heterocycles. The van der Waals surface area contributed by atoms with Gasteiger partial charge in [-0.05, 0) is 23.8 Å². The van der Waals surface area contributed by atoms with Crippen LogP contribution in [0.3, 0.4) is 0 Å². The van der Waals surface area contributed by atoms with E-state index in [-0.39, 0.29) is 56.9 Å². The topological polar surface area (TPSA) is 78.0 Å². The molecule has 0 aliphatic heterocycles. The predicted octanol–water partition coefficient (Wildman–Crippen LogP) is -0.670. The maximum atomic E-state index is 11.9. The molecule has 3 aromatic rings. The number of fused-ring (bicyclic) bond motifs is 1. The summed E-state index contributed by atoms with van der Waals surface area (Å²) in [6, 6.07) is 5.06. The molecule has 86 valence electrons. The Kier molecular flexibility index (Phi) is 4.02. The van der Waals surface area contributed by atoms with Crippen LogP contribution in [0.2, 0.25) is 0 Å². The molecular weight excluding hydrogens is 259 g/mol. The Morgan fingerprint density at radius 3 is 2.89 bits per heavy atom. The minimum absolute atomic E-state index is 0. The standard InChI is InChI=1S/C10H8N6O.K.H/c1-7-3-2-4-15-9(17)5-8(13-10(7)15)16-12-6-11-14-16;;/h2-6H,1H3;;. The van der Waals surface area contributed by atoms with E-state index in [4.69, 9.17) is 0 Å². The van der Waals surface area contributed by atoms with Crippen molar-refractivity contribution in [3.63, 3.8) is 0 Å². The van der Waals surface area contributed by atoms with Gasteiger partial charge < -0.3 is 0 Å².